The summed E-state index contributed by atoms with van der Waals surface area (Å²) in [6.07, 6.45) is 1.35. The number of benzene rings is 3. The highest BCUT2D eigenvalue weighted by Gasteiger charge is 2.37. The number of carbonyl (C=O) groups excluding carboxylic acids is 3. The monoisotopic (exact) mass is 496 g/mol. The van der Waals surface area contributed by atoms with Crippen LogP contribution in [0.15, 0.2) is 72.3 Å². The molecule has 1 heterocycles. The van der Waals surface area contributed by atoms with Crippen molar-refractivity contribution >= 4 is 52.8 Å². The summed E-state index contributed by atoms with van der Waals surface area (Å²) in [6.45, 7) is 0.203. The molecule has 3 aromatic rings. The number of ether oxygens (including phenoxy) is 2. The summed E-state index contributed by atoms with van der Waals surface area (Å²) in [7, 11) is 1.50. The Balaban J connectivity index is 1.66. The van der Waals surface area contributed by atoms with Gasteiger partial charge in [0.1, 0.15) is 23.7 Å². The van der Waals surface area contributed by atoms with E-state index >= 15 is 0 Å². The van der Waals surface area contributed by atoms with E-state index in [9.17, 15) is 14.4 Å². The van der Waals surface area contributed by atoms with Crippen LogP contribution < -0.4 is 19.7 Å². The minimum absolute atomic E-state index is 0.203. The fourth-order valence-electron chi connectivity index (χ4n) is 3.33. The van der Waals surface area contributed by atoms with Crippen LogP contribution in [0.5, 0.6) is 11.5 Å². The van der Waals surface area contributed by atoms with Gasteiger partial charge in [-0.3, -0.25) is 14.9 Å². The van der Waals surface area contributed by atoms with Crippen LogP contribution >= 0.6 is 23.2 Å². The van der Waals surface area contributed by atoms with Crippen molar-refractivity contribution in [3.63, 3.8) is 0 Å². The highest BCUT2D eigenvalue weighted by molar-refractivity contribution is 6.39. The van der Waals surface area contributed by atoms with Crippen molar-refractivity contribution in [3.8, 4) is 11.5 Å². The van der Waals surface area contributed by atoms with Gasteiger partial charge in [0.25, 0.3) is 11.8 Å². The van der Waals surface area contributed by atoms with Crippen LogP contribution in [0.3, 0.4) is 0 Å². The summed E-state index contributed by atoms with van der Waals surface area (Å²) in [5.74, 6) is -0.647. The third-order valence-corrected chi connectivity index (χ3v) is 5.46. The Morgan fingerprint density at radius 3 is 2.38 bits per heavy atom. The van der Waals surface area contributed by atoms with Crippen molar-refractivity contribution in [1.29, 1.82) is 0 Å². The van der Waals surface area contributed by atoms with E-state index in [4.69, 9.17) is 32.7 Å². The molecule has 1 saturated heterocycles. The molecule has 4 rings (SSSR count). The number of barbiturate groups is 1. The quantitative estimate of drug-likeness (QED) is 0.372. The van der Waals surface area contributed by atoms with E-state index in [0.717, 1.165) is 10.5 Å². The second kappa shape index (κ2) is 9.99. The Bertz CT molecular complexity index is 1300. The molecule has 0 radical (unpaired) electrons. The first-order valence-corrected chi connectivity index (χ1v) is 10.8. The minimum Gasteiger partial charge on any atom is -0.497 e. The van der Waals surface area contributed by atoms with Crippen LogP contribution in [0.1, 0.15) is 11.1 Å². The number of nitrogens with one attached hydrogen (secondary N) is 1. The number of imide groups is 2. The summed E-state index contributed by atoms with van der Waals surface area (Å²) in [6, 6.07) is 17.5. The molecule has 9 heteroatoms. The Kier molecular flexibility index (Phi) is 6.86. The molecular formula is C25H18Cl2N2O5. The molecule has 1 aliphatic heterocycles. The number of carbonyl (C=O) groups is 3. The maximum absolute atomic E-state index is 13.2. The molecule has 172 valence electrons. The second-order valence-electron chi connectivity index (χ2n) is 7.26. The normalized spacial score (nSPS) is 14.9. The van der Waals surface area contributed by atoms with Crippen LogP contribution in [0.2, 0.25) is 10.0 Å². The van der Waals surface area contributed by atoms with E-state index in [1.54, 1.807) is 54.6 Å². The summed E-state index contributed by atoms with van der Waals surface area (Å²) in [4.78, 5) is 39.0. The second-order valence-corrected chi connectivity index (χ2v) is 8.13. The lowest BCUT2D eigenvalue weighted by atomic mass is 10.1. The number of anilines is 1. The third-order valence-electron chi connectivity index (χ3n) is 4.99. The van der Waals surface area contributed by atoms with Crippen LogP contribution in [0.4, 0.5) is 10.5 Å². The number of hydrogen-bond acceptors (Lipinski definition) is 5. The zero-order valence-corrected chi connectivity index (χ0v) is 19.4. The van der Waals surface area contributed by atoms with Gasteiger partial charge >= 0.3 is 6.03 Å². The molecule has 34 heavy (non-hydrogen) atoms. The Morgan fingerprint density at radius 2 is 1.68 bits per heavy atom. The largest absolute Gasteiger partial charge is 0.497 e. The van der Waals surface area contributed by atoms with Gasteiger partial charge in [-0.15, -0.1) is 0 Å². The van der Waals surface area contributed by atoms with Crippen LogP contribution in [-0.4, -0.2) is 25.0 Å². The lowest BCUT2D eigenvalue weighted by Crippen LogP contribution is -2.54. The maximum atomic E-state index is 13.2. The molecule has 0 saturated carbocycles. The van der Waals surface area contributed by atoms with Crippen molar-refractivity contribution in [2.24, 2.45) is 0 Å². The first-order valence-electron chi connectivity index (χ1n) is 10.1. The Hall–Kier alpha value is -3.81. The summed E-state index contributed by atoms with van der Waals surface area (Å²) < 4.78 is 11.0. The van der Waals surface area contributed by atoms with Gasteiger partial charge in [-0.25, -0.2) is 9.69 Å². The van der Waals surface area contributed by atoms with Crippen molar-refractivity contribution in [3.05, 3.63) is 93.5 Å². The molecule has 7 nitrogen and oxygen atoms in total. The molecule has 0 aliphatic carbocycles. The number of hydrogen-bond donors (Lipinski definition) is 1. The van der Waals surface area contributed by atoms with Crippen LogP contribution in [-0.2, 0) is 16.2 Å². The highest BCUT2D eigenvalue weighted by Crippen LogP contribution is 2.29. The van der Waals surface area contributed by atoms with Crippen molar-refractivity contribution in [2.45, 2.75) is 6.61 Å². The van der Waals surface area contributed by atoms with Crippen molar-refractivity contribution < 1.29 is 23.9 Å². The average molecular weight is 497 g/mol. The molecular weight excluding hydrogens is 479 g/mol. The molecule has 4 amide bonds. The number of halogens is 2. The van der Waals surface area contributed by atoms with E-state index < -0.39 is 17.8 Å². The molecule has 1 aliphatic rings. The number of methoxy groups -OCH3 is 1. The first-order chi connectivity index (χ1) is 16.4. The van der Waals surface area contributed by atoms with E-state index in [1.807, 2.05) is 12.1 Å². The van der Waals surface area contributed by atoms with Gasteiger partial charge in [0, 0.05) is 15.6 Å². The standard InChI is InChI=1S/C25H18Cl2N2O5/c1-33-20-8-6-19(7-9-20)29-24(31)21(23(30)28-25(29)32)13-16-12-18(27)5-10-22(16)34-14-15-3-2-4-17(26)11-15/h2-13H,14H2,1H3,(H,28,30,32)/b21-13+. The Morgan fingerprint density at radius 1 is 0.941 bits per heavy atom. The summed E-state index contributed by atoms with van der Waals surface area (Å²) >= 11 is 12.2. The molecule has 0 spiro atoms. The topological polar surface area (TPSA) is 84.9 Å². The molecule has 0 bridgehead atoms. The van der Waals surface area contributed by atoms with Gasteiger partial charge in [-0.1, -0.05) is 35.3 Å². The predicted octanol–water partition coefficient (Wildman–Crippen LogP) is 5.25. The highest BCUT2D eigenvalue weighted by atomic mass is 35.5. The van der Waals surface area contributed by atoms with Crippen LogP contribution in [0, 0.1) is 0 Å². The molecule has 0 aromatic heterocycles. The van der Waals surface area contributed by atoms with Gasteiger partial charge in [-0.2, -0.15) is 0 Å². The fraction of sp³-hybridized carbons (Fsp3) is 0.0800. The van der Waals surface area contributed by atoms with Gasteiger partial charge in [0.2, 0.25) is 0 Å². The number of amides is 4. The number of rotatable bonds is 6. The minimum atomic E-state index is -0.846. The average Bonchev–Trinajstić information content (AvgIpc) is 2.81. The van der Waals surface area contributed by atoms with E-state index in [0.29, 0.717) is 27.1 Å². The summed E-state index contributed by atoms with van der Waals surface area (Å²) in [5, 5.41) is 3.15. The molecule has 1 N–H and O–H groups in total. The molecule has 0 atom stereocenters. The molecule has 1 fully saturated rings. The number of nitrogens with zero attached hydrogens (tertiary/aromatic N) is 1. The molecule has 0 unspecified atom stereocenters. The van der Waals surface area contributed by atoms with Crippen LogP contribution in [0.25, 0.3) is 6.08 Å². The summed E-state index contributed by atoms with van der Waals surface area (Å²) in [5.41, 5.74) is 1.27. The SMILES string of the molecule is COc1ccc(N2C(=O)NC(=O)/C(=C\c3cc(Cl)ccc3OCc3cccc(Cl)c3)C2=O)cc1. The molecule has 3 aromatic carbocycles. The van der Waals surface area contributed by atoms with Gasteiger partial charge in [0.05, 0.1) is 12.8 Å². The van der Waals surface area contributed by atoms with Gasteiger partial charge < -0.3 is 9.47 Å². The smallest absolute Gasteiger partial charge is 0.335 e. The van der Waals surface area contributed by atoms with E-state index in [-0.39, 0.29) is 17.9 Å². The van der Waals surface area contributed by atoms with Gasteiger partial charge in [0.15, 0.2) is 0 Å². The first kappa shape index (κ1) is 23.4. The van der Waals surface area contributed by atoms with Crippen molar-refractivity contribution in [1.82, 2.24) is 5.32 Å². The van der Waals surface area contributed by atoms with Crippen molar-refractivity contribution in [2.75, 3.05) is 12.0 Å². The van der Waals surface area contributed by atoms with E-state index in [1.165, 1.54) is 13.2 Å². The van der Waals surface area contributed by atoms with Gasteiger partial charge in [-0.05, 0) is 66.2 Å². The third kappa shape index (κ3) is 5.06. The lowest BCUT2D eigenvalue weighted by molar-refractivity contribution is -0.122. The fourth-order valence-corrected chi connectivity index (χ4v) is 3.72. The predicted molar refractivity (Wildman–Crippen MR) is 129 cm³/mol. The maximum Gasteiger partial charge on any atom is 0.335 e. The van der Waals surface area contributed by atoms with E-state index in [2.05, 4.69) is 5.32 Å². The lowest BCUT2D eigenvalue weighted by Gasteiger charge is -2.26. The zero-order chi connectivity index (χ0) is 24.2. The Labute approximate surface area is 205 Å². The zero-order valence-electron chi connectivity index (χ0n) is 17.9. The number of urea groups is 1.